The number of ether oxygens (including phenoxy) is 1. The molecule has 1 saturated heterocycles. The molecule has 0 unspecified atom stereocenters. The number of amides is 2. The Morgan fingerprint density at radius 3 is 2.38 bits per heavy atom. The van der Waals surface area contributed by atoms with Crippen molar-refractivity contribution in [3.05, 3.63) is 134 Å². The molecule has 1 fully saturated rings. The number of benzene rings is 4. The van der Waals surface area contributed by atoms with Crippen LogP contribution in [-0.2, 0) is 33.0 Å². The van der Waals surface area contributed by atoms with Gasteiger partial charge in [-0.05, 0) is 54.6 Å². The molecule has 7 rings (SSSR count). The maximum atomic E-state index is 16.4. The number of carbonyl (C=O) groups is 2. The van der Waals surface area contributed by atoms with Gasteiger partial charge in [0.2, 0.25) is 14.3 Å². The third-order valence-electron chi connectivity index (χ3n) is 10.6. The molecule has 14 heteroatoms. The lowest BCUT2D eigenvalue weighted by molar-refractivity contribution is -0.385. The van der Waals surface area contributed by atoms with Gasteiger partial charge in [-0.25, -0.2) is 4.68 Å². The average Bonchev–Trinajstić information content (AvgIpc) is 3.71. The van der Waals surface area contributed by atoms with Crippen LogP contribution in [0.15, 0.2) is 102 Å². The van der Waals surface area contributed by atoms with E-state index in [1.807, 2.05) is 42.5 Å². The number of non-ortho nitro benzene ring substituents is 1. The van der Waals surface area contributed by atoms with Crippen molar-refractivity contribution >= 4 is 42.5 Å². The van der Waals surface area contributed by atoms with Gasteiger partial charge in [0, 0.05) is 42.2 Å². The van der Waals surface area contributed by atoms with Crippen LogP contribution in [0.2, 0.25) is 18.6 Å². The largest absolute Gasteiger partial charge is 0.395 e. The number of nitro groups is 1. The Morgan fingerprint density at radius 1 is 1.02 bits per heavy atom. The molecule has 0 radical (unpaired) electrons. The number of fused-ring (bicyclic) bond motifs is 3. The molecule has 2 N–H and O–H groups in total. The number of hydrogen-bond acceptors (Lipinski definition) is 7. The average molecular weight is 738 g/mol. The topological polar surface area (TPSA) is 151 Å². The second-order valence-electron chi connectivity index (χ2n) is 14.3. The molecule has 53 heavy (non-hydrogen) atoms. The summed E-state index contributed by atoms with van der Waals surface area (Å²) in [6.07, 6.45) is -1.25. The van der Waals surface area contributed by atoms with E-state index in [-0.39, 0.29) is 55.4 Å². The summed E-state index contributed by atoms with van der Waals surface area (Å²) in [5.41, 5.74) is 0.474. The van der Waals surface area contributed by atoms with Gasteiger partial charge in [0.25, 0.3) is 17.2 Å². The first kappa shape index (κ1) is 35.9. The van der Waals surface area contributed by atoms with Gasteiger partial charge in [-0.3, -0.25) is 29.6 Å². The summed E-state index contributed by atoms with van der Waals surface area (Å²) in [6, 6.07) is 27.8. The monoisotopic (exact) mass is 737 g/mol. The van der Waals surface area contributed by atoms with Crippen molar-refractivity contribution in [1.82, 2.24) is 14.7 Å². The van der Waals surface area contributed by atoms with Crippen LogP contribution < -0.4 is 10.5 Å². The van der Waals surface area contributed by atoms with E-state index in [4.69, 9.17) is 4.74 Å². The van der Waals surface area contributed by atoms with Gasteiger partial charge in [-0.1, -0.05) is 61.5 Å². The lowest BCUT2D eigenvalue weighted by atomic mass is 9.82. The zero-order valence-corrected chi connectivity index (χ0v) is 30.6. The molecule has 4 atom stereocenters. The van der Waals surface area contributed by atoms with Crippen molar-refractivity contribution in [2.45, 2.75) is 56.8 Å². The third-order valence-corrected chi connectivity index (χ3v) is 13.1. The number of aromatic nitrogens is 2. The predicted octanol–water partition coefficient (Wildman–Crippen LogP) is 5.96. The van der Waals surface area contributed by atoms with Crippen molar-refractivity contribution in [2.75, 3.05) is 18.1 Å². The fraction of sp³-hybridized carbons (Fsp3) is 0.308. The van der Waals surface area contributed by atoms with E-state index in [1.54, 1.807) is 43.3 Å². The zero-order valence-electron chi connectivity index (χ0n) is 29.6. The molecule has 5 aromatic rings. The van der Waals surface area contributed by atoms with Crippen LogP contribution >= 0.6 is 0 Å². The highest BCUT2D eigenvalue weighted by atomic mass is 28.4. The second-order valence-corrected chi connectivity index (χ2v) is 18.1. The van der Waals surface area contributed by atoms with Crippen molar-refractivity contribution < 1.29 is 28.5 Å². The minimum Gasteiger partial charge on any atom is -0.395 e. The Kier molecular flexibility index (Phi) is 9.38. The van der Waals surface area contributed by atoms with Crippen LogP contribution in [0.4, 0.5) is 15.5 Å². The van der Waals surface area contributed by atoms with E-state index in [9.17, 15) is 29.6 Å². The highest BCUT2D eigenvalue weighted by Gasteiger charge is 2.67. The molecule has 2 aliphatic heterocycles. The van der Waals surface area contributed by atoms with Crippen molar-refractivity contribution in [3.63, 3.8) is 0 Å². The molecule has 0 saturated carbocycles. The molecule has 1 spiro atoms. The minimum atomic E-state index is -3.66. The van der Waals surface area contributed by atoms with E-state index in [0.29, 0.717) is 27.8 Å². The van der Waals surface area contributed by atoms with E-state index in [1.165, 1.54) is 45.8 Å². The molecular formula is C39H40FN5O7Si. The van der Waals surface area contributed by atoms with Crippen molar-refractivity contribution in [2.24, 2.45) is 5.92 Å². The number of carbonyl (C=O) groups excluding carboxylic acids is 2. The number of nitro benzene ring substituents is 1. The first-order valence-corrected chi connectivity index (χ1v) is 20.5. The number of aliphatic hydroxyl groups excluding tert-OH is 1. The summed E-state index contributed by atoms with van der Waals surface area (Å²) in [4.78, 5) is 56.2. The van der Waals surface area contributed by atoms with Gasteiger partial charge >= 0.3 is 0 Å². The number of H-pyrrole nitrogens is 1. The fourth-order valence-corrected chi connectivity index (χ4v) is 10.7. The number of hydrogen-bond donors (Lipinski definition) is 2. The van der Waals surface area contributed by atoms with Crippen molar-refractivity contribution in [1.29, 1.82) is 0 Å². The molecule has 3 heterocycles. The zero-order chi connectivity index (χ0) is 37.7. The van der Waals surface area contributed by atoms with Gasteiger partial charge in [0.1, 0.15) is 0 Å². The van der Waals surface area contributed by atoms with E-state index in [0.717, 1.165) is 5.56 Å². The third kappa shape index (κ3) is 6.36. The van der Waals surface area contributed by atoms with E-state index >= 15 is 4.11 Å². The number of halogens is 1. The Morgan fingerprint density at radius 2 is 1.72 bits per heavy atom. The number of nitrogens with one attached hydrogen (secondary N) is 1. The number of aliphatic hydroxyl groups is 1. The molecule has 0 bridgehead atoms. The Balaban J connectivity index is 1.22. The number of anilines is 1. The molecule has 4 aromatic carbocycles. The normalized spacial score (nSPS) is 21.0. The van der Waals surface area contributed by atoms with Crippen molar-refractivity contribution in [3.8, 4) is 5.69 Å². The highest BCUT2D eigenvalue weighted by Crippen LogP contribution is 2.60. The van der Waals surface area contributed by atoms with Gasteiger partial charge in [-0.2, -0.15) is 0 Å². The minimum absolute atomic E-state index is 0.0533. The quantitative estimate of drug-likeness (QED) is 0.0735. The predicted molar refractivity (Wildman–Crippen MR) is 200 cm³/mol. The van der Waals surface area contributed by atoms with E-state index in [2.05, 4.69) is 5.10 Å². The summed E-state index contributed by atoms with van der Waals surface area (Å²) < 4.78 is 24.6. The molecule has 274 valence electrons. The summed E-state index contributed by atoms with van der Waals surface area (Å²) in [5, 5.41) is 25.5. The van der Waals surface area contributed by atoms with Gasteiger partial charge in [0.05, 0.1) is 52.9 Å². The summed E-state index contributed by atoms with van der Waals surface area (Å²) in [6.45, 7) is 4.85. The Labute approximate surface area is 305 Å². The number of para-hydroxylation sites is 1. The molecular weight excluding hydrogens is 698 g/mol. The lowest BCUT2D eigenvalue weighted by Gasteiger charge is -2.31. The summed E-state index contributed by atoms with van der Waals surface area (Å²) >= 11 is 0. The van der Waals surface area contributed by atoms with Gasteiger partial charge < -0.3 is 23.8 Å². The SMILES string of the molecule is C[C@H]1[C@H]([Si](C)(C)F)[C@@H](CC(=O)N(CCO)Cc2ccccc2)O[C@]12C(=O)N(Cc1ccc(-n3[nH]c4ccccc4c3=O)cc1)c1ccc([N+](=O)[O-])cc12. The molecule has 1 aromatic heterocycles. The van der Waals surface area contributed by atoms with Crippen LogP contribution in [-0.4, -0.2) is 64.2 Å². The lowest BCUT2D eigenvalue weighted by Crippen LogP contribution is -2.45. The van der Waals surface area contributed by atoms with Crippen LogP contribution in [0, 0.1) is 16.0 Å². The fourth-order valence-electron chi connectivity index (χ4n) is 8.20. The van der Waals surface area contributed by atoms with Gasteiger partial charge in [-0.15, -0.1) is 0 Å². The summed E-state index contributed by atoms with van der Waals surface area (Å²) in [7, 11) is -3.66. The van der Waals surface area contributed by atoms with Crippen LogP contribution in [0.3, 0.4) is 0 Å². The Hall–Kier alpha value is -5.44. The van der Waals surface area contributed by atoms with Gasteiger partial charge in [0.15, 0.2) is 5.60 Å². The maximum Gasteiger partial charge on any atom is 0.279 e. The molecule has 12 nitrogen and oxygen atoms in total. The first-order chi connectivity index (χ1) is 25.3. The second kappa shape index (κ2) is 13.8. The van der Waals surface area contributed by atoms with E-state index < -0.39 is 42.4 Å². The smallest absolute Gasteiger partial charge is 0.279 e. The number of rotatable bonds is 11. The highest BCUT2D eigenvalue weighted by molar-refractivity contribution is 6.72. The first-order valence-electron chi connectivity index (χ1n) is 17.5. The summed E-state index contributed by atoms with van der Waals surface area (Å²) in [5.74, 6) is -1.64. The number of nitrogens with zero attached hydrogens (tertiary/aromatic N) is 4. The molecule has 0 aliphatic carbocycles. The molecule has 2 amide bonds. The van der Waals surface area contributed by atoms with Crippen LogP contribution in [0.25, 0.3) is 16.6 Å². The maximum absolute atomic E-state index is 16.4. The molecule has 2 aliphatic rings. The Bertz CT molecular complexity index is 2250. The number of aromatic amines is 1. The van der Waals surface area contributed by atoms with Crippen LogP contribution in [0.1, 0.15) is 30.0 Å². The van der Waals surface area contributed by atoms with Crippen LogP contribution in [0.5, 0.6) is 0 Å². The standard InChI is InChI=1S/C39H40FN5O7Si/c1-25-36(53(2,3)40)34(22-35(47)42(19-20-46)23-26-9-5-4-6-10-26)52-39(25)31-21-29(45(50)51)17-18-33(31)43(38(39)49)24-27-13-15-28(16-14-27)44-37(48)30-11-7-8-12-32(30)41-44/h4-18,21,25,34,36,41,46H,19-20,22-24H2,1-3H3/t25-,34+,36-,39+/m0/s1.